The molecule has 1 amide bonds. The lowest BCUT2D eigenvalue weighted by Gasteiger charge is -2.24. The molecule has 6 heteroatoms. The zero-order chi connectivity index (χ0) is 16.7. The van der Waals surface area contributed by atoms with Crippen molar-refractivity contribution in [2.24, 2.45) is 18.0 Å². The maximum absolute atomic E-state index is 11.7. The van der Waals surface area contributed by atoms with E-state index in [0.717, 1.165) is 44.9 Å². The van der Waals surface area contributed by atoms with Gasteiger partial charge in [0.25, 0.3) is 0 Å². The molecular weight excluding hydrogens is 290 g/mol. The minimum absolute atomic E-state index is 0.224. The lowest BCUT2D eigenvalue weighted by atomic mass is 9.85. The molecule has 1 heterocycles. The Labute approximate surface area is 139 Å². The van der Waals surface area contributed by atoms with Gasteiger partial charge in [-0.25, -0.2) is 0 Å². The summed E-state index contributed by atoms with van der Waals surface area (Å²) in [6, 6.07) is 4.16. The third kappa shape index (κ3) is 5.01. The predicted molar refractivity (Wildman–Crippen MR) is 93.2 cm³/mol. The first-order chi connectivity index (χ1) is 11.1. The van der Waals surface area contributed by atoms with Crippen molar-refractivity contribution >= 4 is 11.9 Å². The summed E-state index contributed by atoms with van der Waals surface area (Å²) in [7, 11) is 5.87. The Morgan fingerprint density at radius 1 is 1.39 bits per heavy atom. The van der Waals surface area contributed by atoms with Crippen LogP contribution in [0.3, 0.4) is 0 Å². The predicted octanol–water partition coefficient (Wildman–Crippen LogP) is 1.34. The molecule has 0 unspecified atom stereocenters. The molecule has 1 saturated carbocycles. The zero-order valence-electron chi connectivity index (χ0n) is 14.5. The molecule has 23 heavy (non-hydrogen) atoms. The van der Waals surface area contributed by atoms with E-state index in [2.05, 4.69) is 31.2 Å². The number of aliphatic imine (C=N–C) groups is 1. The Kier molecular flexibility index (Phi) is 6.50. The second kappa shape index (κ2) is 8.60. The fraction of sp³-hybridized carbons (Fsp3) is 0.647. The maximum atomic E-state index is 11.7. The SMILES string of the molecule is CN=C(NCCCNC(=O)C1CCC1)N(C)Cc1cccn1C. The number of guanidine groups is 1. The van der Waals surface area contributed by atoms with Crippen LogP contribution in [0.2, 0.25) is 0 Å². The quantitative estimate of drug-likeness (QED) is 0.453. The first-order valence-corrected chi connectivity index (χ1v) is 8.41. The number of nitrogens with zero attached hydrogens (tertiary/aromatic N) is 3. The molecule has 128 valence electrons. The first kappa shape index (κ1) is 17.4. The molecule has 0 bridgehead atoms. The molecule has 1 aromatic heterocycles. The van der Waals surface area contributed by atoms with Gasteiger partial charge in [0.15, 0.2) is 5.96 Å². The van der Waals surface area contributed by atoms with Gasteiger partial charge in [-0.1, -0.05) is 6.42 Å². The van der Waals surface area contributed by atoms with Gasteiger partial charge < -0.3 is 20.1 Å². The Balaban J connectivity index is 1.64. The number of hydrogen-bond acceptors (Lipinski definition) is 2. The standard InChI is InChI=1S/C17H29N5O/c1-18-17(22(3)13-15-9-5-12-21(15)2)20-11-6-10-19-16(23)14-7-4-8-14/h5,9,12,14H,4,6-8,10-11,13H2,1-3H3,(H,18,20)(H,19,23). The largest absolute Gasteiger partial charge is 0.356 e. The molecule has 0 spiro atoms. The van der Waals surface area contributed by atoms with Crippen LogP contribution in [-0.2, 0) is 18.4 Å². The summed E-state index contributed by atoms with van der Waals surface area (Å²) >= 11 is 0. The molecule has 0 saturated heterocycles. The molecule has 1 aliphatic carbocycles. The summed E-state index contributed by atoms with van der Waals surface area (Å²) in [5.74, 6) is 1.37. The molecule has 1 aromatic rings. The molecule has 2 rings (SSSR count). The number of carbonyl (C=O) groups excluding carboxylic acids is 1. The highest BCUT2D eigenvalue weighted by Crippen LogP contribution is 2.25. The average molecular weight is 319 g/mol. The number of hydrogen-bond donors (Lipinski definition) is 2. The van der Waals surface area contributed by atoms with Gasteiger partial charge in [0.2, 0.25) is 5.91 Å². The second-order valence-corrected chi connectivity index (χ2v) is 6.21. The van der Waals surface area contributed by atoms with Crippen molar-refractivity contribution in [3.63, 3.8) is 0 Å². The van der Waals surface area contributed by atoms with E-state index in [9.17, 15) is 4.79 Å². The fourth-order valence-electron chi connectivity index (χ4n) is 2.68. The third-order valence-electron chi connectivity index (χ3n) is 4.44. The summed E-state index contributed by atoms with van der Waals surface area (Å²) in [5, 5.41) is 6.36. The van der Waals surface area contributed by atoms with Gasteiger partial charge in [-0.2, -0.15) is 0 Å². The molecule has 0 aromatic carbocycles. The zero-order valence-corrected chi connectivity index (χ0v) is 14.5. The van der Waals surface area contributed by atoms with E-state index >= 15 is 0 Å². The topological polar surface area (TPSA) is 61.7 Å². The highest BCUT2D eigenvalue weighted by atomic mass is 16.1. The van der Waals surface area contributed by atoms with E-state index in [1.807, 2.05) is 26.4 Å². The van der Waals surface area contributed by atoms with Gasteiger partial charge in [-0.15, -0.1) is 0 Å². The monoisotopic (exact) mass is 319 g/mol. The van der Waals surface area contributed by atoms with E-state index in [1.165, 1.54) is 12.1 Å². The molecular formula is C17H29N5O. The van der Waals surface area contributed by atoms with Crippen molar-refractivity contribution in [2.45, 2.75) is 32.2 Å². The first-order valence-electron chi connectivity index (χ1n) is 8.41. The second-order valence-electron chi connectivity index (χ2n) is 6.21. The van der Waals surface area contributed by atoms with E-state index in [-0.39, 0.29) is 11.8 Å². The Morgan fingerprint density at radius 2 is 2.13 bits per heavy atom. The normalized spacial score (nSPS) is 15.2. The van der Waals surface area contributed by atoms with Gasteiger partial charge in [0.05, 0.1) is 6.54 Å². The summed E-state index contributed by atoms with van der Waals surface area (Å²) in [5.41, 5.74) is 1.24. The average Bonchev–Trinajstić information content (AvgIpc) is 2.86. The van der Waals surface area contributed by atoms with E-state index in [0.29, 0.717) is 0 Å². The number of aromatic nitrogens is 1. The Bertz CT molecular complexity index is 533. The van der Waals surface area contributed by atoms with Crippen LogP contribution >= 0.6 is 0 Å². The minimum Gasteiger partial charge on any atom is -0.356 e. The van der Waals surface area contributed by atoms with Gasteiger partial charge in [-0.05, 0) is 31.4 Å². The van der Waals surface area contributed by atoms with Crippen molar-refractivity contribution < 1.29 is 4.79 Å². The van der Waals surface area contributed by atoms with Crippen molar-refractivity contribution in [1.29, 1.82) is 0 Å². The van der Waals surface area contributed by atoms with E-state index in [4.69, 9.17) is 0 Å². The lowest BCUT2D eigenvalue weighted by Crippen LogP contribution is -2.40. The molecule has 6 nitrogen and oxygen atoms in total. The number of amides is 1. The van der Waals surface area contributed by atoms with Crippen LogP contribution in [0.4, 0.5) is 0 Å². The summed E-state index contributed by atoms with van der Waals surface area (Å²) in [4.78, 5) is 18.1. The number of rotatable bonds is 7. The molecule has 1 fully saturated rings. The van der Waals surface area contributed by atoms with Gasteiger partial charge >= 0.3 is 0 Å². The van der Waals surface area contributed by atoms with E-state index in [1.54, 1.807) is 7.05 Å². The number of aryl methyl sites for hydroxylation is 1. The van der Waals surface area contributed by atoms with Crippen molar-refractivity contribution in [3.8, 4) is 0 Å². The number of nitrogens with one attached hydrogen (secondary N) is 2. The molecule has 2 N–H and O–H groups in total. The summed E-state index contributed by atoms with van der Waals surface area (Å²) in [6.45, 7) is 2.33. The minimum atomic E-state index is 0.224. The van der Waals surface area contributed by atoms with Crippen LogP contribution in [0.15, 0.2) is 23.3 Å². The Morgan fingerprint density at radius 3 is 2.70 bits per heavy atom. The van der Waals surface area contributed by atoms with Crippen LogP contribution < -0.4 is 10.6 Å². The maximum Gasteiger partial charge on any atom is 0.223 e. The highest BCUT2D eigenvalue weighted by molar-refractivity contribution is 5.80. The van der Waals surface area contributed by atoms with Crippen LogP contribution in [0.5, 0.6) is 0 Å². The van der Waals surface area contributed by atoms with Gasteiger partial charge in [-0.3, -0.25) is 9.79 Å². The Hall–Kier alpha value is -1.98. The summed E-state index contributed by atoms with van der Waals surface area (Å²) < 4.78 is 2.11. The van der Waals surface area contributed by atoms with Crippen molar-refractivity contribution in [3.05, 3.63) is 24.0 Å². The van der Waals surface area contributed by atoms with Crippen LogP contribution in [0.25, 0.3) is 0 Å². The van der Waals surface area contributed by atoms with Gasteiger partial charge in [0.1, 0.15) is 0 Å². The smallest absolute Gasteiger partial charge is 0.223 e. The molecule has 0 aliphatic heterocycles. The third-order valence-corrected chi connectivity index (χ3v) is 4.44. The van der Waals surface area contributed by atoms with Crippen molar-refractivity contribution in [2.75, 3.05) is 27.2 Å². The molecule has 0 radical (unpaired) electrons. The fourth-order valence-corrected chi connectivity index (χ4v) is 2.68. The number of carbonyl (C=O) groups is 1. The van der Waals surface area contributed by atoms with Crippen LogP contribution in [-0.4, -0.2) is 48.5 Å². The molecule has 0 atom stereocenters. The lowest BCUT2D eigenvalue weighted by molar-refractivity contribution is -0.127. The van der Waals surface area contributed by atoms with Crippen LogP contribution in [0.1, 0.15) is 31.4 Å². The van der Waals surface area contributed by atoms with Gasteiger partial charge in [0, 0.05) is 52.0 Å². The summed E-state index contributed by atoms with van der Waals surface area (Å²) in [6.07, 6.45) is 6.25. The van der Waals surface area contributed by atoms with Crippen molar-refractivity contribution in [1.82, 2.24) is 20.1 Å². The molecule has 1 aliphatic rings. The van der Waals surface area contributed by atoms with E-state index < -0.39 is 0 Å². The van der Waals surface area contributed by atoms with Crippen LogP contribution in [0, 0.1) is 5.92 Å². The highest BCUT2D eigenvalue weighted by Gasteiger charge is 2.24.